The summed E-state index contributed by atoms with van der Waals surface area (Å²) in [6, 6.07) is 13.2. The molecule has 1 aromatic heterocycles. The van der Waals surface area contributed by atoms with Crippen molar-refractivity contribution in [2.24, 2.45) is 4.99 Å². The lowest BCUT2D eigenvalue weighted by Gasteiger charge is -2.08. The second kappa shape index (κ2) is 9.16. The van der Waals surface area contributed by atoms with E-state index in [2.05, 4.69) is 20.9 Å². The number of carbonyl (C=O) groups is 1. The molecule has 0 saturated heterocycles. The van der Waals surface area contributed by atoms with E-state index < -0.39 is 0 Å². The van der Waals surface area contributed by atoms with Gasteiger partial charge in [-0.2, -0.15) is 4.99 Å². The van der Waals surface area contributed by atoms with Gasteiger partial charge in [0.25, 0.3) is 5.91 Å². The highest BCUT2D eigenvalue weighted by Gasteiger charge is 2.10. The number of halogens is 1. The first kappa shape index (κ1) is 19.6. The Bertz CT molecular complexity index is 1010. The van der Waals surface area contributed by atoms with Crippen LogP contribution >= 0.6 is 27.3 Å². The summed E-state index contributed by atoms with van der Waals surface area (Å²) in [5, 5.41) is 0. The third-order valence-electron chi connectivity index (χ3n) is 3.80. The van der Waals surface area contributed by atoms with Gasteiger partial charge in [-0.25, -0.2) is 0 Å². The van der Waals surface area contributed by atoms with E-state index in [0.29, 0.717) is 29.5 Å². The van der Waals surface area contributed by atoms with E-state index in [0.717, 1.165) is 14.7 Å². The van der Waals surface area contributed by atoms with Crippen molar-refractivity contribution in [3.05, 3.63) is 51.7 Å². The lowest BCUT2D eigenvalue weighted by atomic mass is 10.3. The number of hydrogen-bond acceptors (Lipinski definition) is 5. The lowest BCUT2D eigenvalue weighted by Crippen LogP contribution is -2.21. The summed E-state index contributed by atoms with van der Waals surface area (Å²) in [6.45, 7) is 0.973. The molecule has 0 fully saturated rings. The molecule has 0 aliphatic carbocycles. The molecule has 2 aromatic carbocycles. The summed E-state index contributed by atoms with van der Waals surface area (Å²) < 4.78 is 20.0. The fourth-order valence-corrected chi connectivity index (χ4v) is 4.17. The Morgan fingerprint density at radius 2 is 1.96 bits per heavy atom. The Labute approximate surface area is 169 Å². The molecule has 0 bridgehead atoms. The maximum atomic E-state index is 12.4. The zero-order valence-electron chi connectivity index (χ0n) is 15.0. The normalized spacial score (nSPS) is 11.7. The number of ether oxygens (including phenoxy) is 3. The first-order chi connectivity index (χ1) is 13.1. The molecule has 27 heavy (non-hydrogen) atoms. The molecular weight excluding hydrogens is 432 g/mol. The van der Waals surface area contributed by atoms with Crippen LogP contribution in [0.15, 0.2) is 51.9 Å². The van der Waals surface area contributed by atoms with Gasteiger partial charge in [-0.3, -0.25) is 4.79 Å². The molecule has 0 saturated carbocycles. The van der Waals surface area contributed by atoms with Crippen molar-refractivity contribution < 1.29 is 19.0 Å². The quantitative estimate of drug-likeness (QED) is 0.551. The molecule has 3 rings (SSSR count). The van der Waals surface area contributed by atoms with Gasteiger partial charge in [0, 0.05) is 18.1 Å². The average Bonchev–Trinajstić information content (AvgIpc) is 3.00. The zero-order chi connectivity index (χ0) is 19.2. The molecular formula is C19H19BrN2O4S. The minimum absolute atomic E-state index is 0.164. The minimum atomic E-state index is -0.363. The fraction of sp³-hybridized carbons (Fsp3) is 0.263. The van der Waals surface area contributed by atoms with Gasteiger partial charge in [0.15, 0.2) is 22.9 Å². The van der Waals surface area contributed by atoms with E-state index in [-0.39, 0.29) is 12.5 Å². The Morgan fingerprint density at radius 3 is 2.70 bits per heavy atom. The third-order valence-corrected chi connectivity index (χ3v) is 5.34. The van der Waals surface area contributed by atoms with Crippen LogP contribution in [0.4, 0.5) is 0 Å². The van der Waals surface area contributed by atoms with Crippen LogP contribution in [-0.2, 0) is 16.1 Å². The van der Waals surface area contributed by atoms with E-state index in [9.17, 15) is 4.79 Å². The van der Waals surface area contributed by atoms with Crippen LogP contribution in [-0.4, -0.2) is 37.9 Å². The first-order valence-corrected chi connectivity index (χ1v) is 9.84. The van der Waals surface area contributed by atoms with E-state index in [4.69, 9.17) is 14.2 Å². The molecule has 0 unspecified atom stereocenters. The number of amides is 1. The summed E-state index contributed by atoms with van der Waals surface area (Å²) in [6.07, 6.45) is 0. The number of para-hydroxylation sites is 2. The van der Waals surface area contributed by atoms with Crippen molar-refractivity contribution in [1.82, 2.24) is 4.57 Å². The number of methoxy groups -OCH3 is 2. The van der Waals surface area contributed by atoms with E-state index >= 15 is 0 Å². The number of carbonyl (C=O) groups excluding carboxylic acids is 1. The number of nitrogens with zero attached hydrogens (tertiary/aromatic N) is 2. The Morgan fingerprint density at radius 1 is 1.19 bits per heavy atom. The Kier molecular flexibility index (Phi) is 6.65. The highest BCUT2D eigenvalue weighted by atomic mass is 79.9. The number of benzene rings is 2. The fourth-order valence-electron chi connectivity index (χ4n) is 2.55. The van der Waals surface area contributed by atoms with Crippen LogP contribution in [0.1, 0.15) is 0 Å². The maximum absolute atomic E-state index is 12.4. The average molecular weight is 451 g/mol. The molecule has 0 spiro atoms. The Hall–Kier alpha value is -2.16. The number of thiazole rings is 1. The van der Waals surface area contributed by atoms with Gasteiger partial charge in [-0.05, 0) is 30.3 Å². The van der Waals surface area contributed by atoms with Crippen LogP contribution in [0.25, 0.3) is 10.2 Å². The van der Waals surface area contributed by atoms with Crippen LogP contribution in [0.5, 0.6) is 11.5 Å². The molecule has 3 aromatic rings. The number of rotatable bonds is 7. The van der Waals surface area contributed by atoms with Crippen molar-refractivity contribution in [1.29, 1.82) is 0 Å². The monoisotopic (exact) mass is 450 g/mol. The zero-order valence-corrected chi connectivity index (χ0v) is 17.4. The summed E-state index contributed by atoms with van der Waals surface area (Å²) in [4.78, 5) is 17.2. The number of hydrogen-bond donors (Lipinski definition) is 0. The third kappa shape index (κ3) is 4.77. The van der Waals surface area contributed by atoms with E-state index in [1.165, 1.54) is 11.3 Å². The van der Waals surface area contributed by atoms with E-state index in [1.807, 2.05) is 34.9 Å². The van der Waals surface area contributed by atoms with Crippen LogP contribution < -0.4 is 14.3 Å². The van der Waals surface area contributed by atoms with Crippen molar-refractivity contribution >= 4 is 43.4 Å². The topological polar surface area (TPSA) is 62.1 Å². The van der Waals surface area contributed by atoms with Crippen molar-refractivity contribution in [3.8, 4) is 11.5 Å². The Balaban J connectivity index is 1.86. The summed E-state index contributed by atoms with van der Waals surface area (Å²) in [5.41, 5.74) is 1.01. The van der Waals surface area contributed by atoms with Gasteiger partial charge < -0.3 is 18.8 Å². The molecule has 8 heteroatoms. The molecule has 6 nitrogen and oxygen atoms in total. The number of aromatic nitrogens is 1. The van der Waals surface area contributed by atoms with Crippen molar-refractivity contribution in [2.45, 2.75) is 6.54 Å². The maximum Gasteiger partial charge on any atom is 0.286 e. The van der Waals surface area contributed by atoms with Crippen molar-refractivity contribution in [3.63, 3.8) is 0 Å². The van der Waals surface area contributed by atoms with Crippen molar-refractivity contribution in [2.75, 3.05) is 27.4 Å². The van der Waals surface area contributed by atoms with Gasteiger partial charge in [0.2, 0.25) is 0 Å². The SMILES string of the molecule is COCCn1c(=NC(=O)COc2ccccc2OC)sc2cc(Br)ccc21. The predicted octanol–water partition coefficient (Wildman–Crippen LogP) is 3.63. The first-order valence-electron chi connectivity index (χ1n) is 8.23. The van der Waals surface area contributed by atoms with Gasteiger partial charge >= 0.3 is 0 Å². The highest BCUT2D eigenvalue weighted by Crippen LogP contribution is 2.25. The van der Waals surface area contributed by atoms with E-state index in [1.54, 1.807) is 26.4 Å². The summed E-state index contributed by atoms with van der Waals surface area (Å²) in [5.74, 6) is 0.723. The second-order valence-corrected chi connectivity index (χ2v) is 7.51. The van der Waals surface area contributed by atoms with Crippen LogP contribution in [0, 0.1) is 0 Å². The molecule has 1 heterocycles. The molecule has 142 valence electrons. The molecule has 1 amide bonds. The molecule has 0 N–H and O–H groups in total. The van der Waals surface area contributed by atoms with Crippen LogP contribution in [0.3, 0.4) is 0 Å². The minimum Gasteiger partial charge on any atom is -0.493 e. The second-order valence-electron chi connectivity index (χ2n) is 5.59. The standard InChI is InChI=1S/C19H19BrN2O4S/c1-24-10-9-22-14-8-7-13(20)11-17(14)27-19(22)21-18(23)12-26-16-6-4-3-5-15(16)25-2/h3-8,11H,9-10,12H2,1-2H3. The molecule has 0 aliphatic rings. The van der Waals surface area contributed by atoms with Gasteiger partial charge in [-0.1, -0.05) is 39.4 Å². The molecule has 0 atom stereocenters. The number of fused-ring (bicyclic) bond motifs is 1. The lowest BCUT2D eigenvalue weighted by molar-refractivity contribution is -0.120. The summed E-state index contributed by atoms with van der Waals surface area (Å²) >= 11 is 4.93. The van der Waals surface area contributed by atoms with Gasteiger partial charge in [0.05, 0.1) is 23.9 Å². The van der Waals surface area contributed by atoms with Gasteiger partial charge in [-0.15, -0.1) is 0 Å². The van der Waals surface area contributed by atoms with Gasteiger partial charge in [0.1, 0.15) is 0 Å². The molecule has 0 radical (unpaired) electrons. The smallest absolute Gasteiger partial charge is 0.286 e. The predicted molar refractivity (Wildman–Crippen MR) is 108 cm³/mol. The van der Waals surface area contributed by atoms with Crippen LogP contribution in [0.2, 0.25) is 0 Å². The molecule has 0 aliphatic heterocycles. The summed E-state index contributed by atoms with van der Waals surface area (Å²) in [7, 11) is 3.21. The highest BCUT2D eigenvalue weighted by molar-refractivity contribution is 9.10. The largest absolute Gasteiger partial charge is 0.493 e.